The van der Waals surface area contributed by atoms with Gasteiger partial charge in [-0.1, -0.05) is 0 Å². The molecule has 0 fully saturated rings. The van der Waals surface area contributed by atoms with Gasteiger partial charge in [-0.05, 0) is 19.1 Å². The Hall–Kier alpha value is -2.23. The number of hydrogen-bond donors (Lipinski definition) is 1. The zero-order valence-corrected chi connectivity index (χ0v) is 8.50. The number of nitriles is 1. The van der Waals surface area contributed by atoms with Crippen molar-refractivity contribution in [2.75, 3.05) is 0 Å². The molecular weight excluding hydrogens is 239 g/mol. The van der Waals surface area contributed by atoms with Gasteiger partial charge in [-0.2, -0.15) is 5.26 Å². The third-order valence-electron chi connectivity index (χ3n) is 1.95. The van der Waals surface area contributed by atoms with Crippen LogP contribution in [0.1, 0.15) is 21.5 Å². The zero-order valence-electron chi connectivity index (χ0n) is 8.50. The van der Waals surface area contributed by atoms with Gasteiger partial charge in [0.05, 0.1) is 17.2 Å². The van der Waals surface area contributed by atoms with Crippen LogP contribution in [0.15, 0.2) is 12.1 Å². The first kappa shape index (κ1) is 12.8. The lowest BCUT2D eigenvalue weighted by Crippen LogP contribution is -2.18. The van der Waals surface area contributed by atoms with Gasteiger partial charge in [-0.25, -0.2) is 4.79 Å². The fourth-order valence-electron chi connectivity index (χ4n) is 1.21. The lowest BCUT2D eigenvalue weighted by molar-refractivity contribution is -0.274. The van der Waals surface area contributed by atoms with Gasteiger partial charge in [0, 0.05) is 5.56 Å². The van der Waals surface area contributed by atoms with Crippen molar-refractivity contribution in [3.8, 4) is 11.8 Å². The third-order valence-corrected chi connectivity index (χ3v) is 1.95. The Morgan fingerprint density at radius 3 is 2.47 bits per heavy atom. The molecular formula is C10H6F3NO3. The second-order valence-corrected chi connectivity index (χ2v) is 3.11. The minimum absolute atomic E-state index is 0.186. The van der Waals surface area contributed by atoms with Crippen LogP contribution in [0.4, 0.5) is 13.2 Å². The summed E-state index contributed by atoms with van der Waals surface area (Å²) in [5.74, 6) is -2.11. The monoisotopic (exact) mass is 245 g/mol. The SMILES string of the molecule is Cc1c(OC(F)(F)F)cc(C#N)cc1C(=O)O. The summed E-state index contributed by atoms with van der Waals surface area (Å²) in [5.41, 5.74) is -0.802. The van der Waals surface area contributed by atoms with Crippen LogP contribution in [-0.2, 0) is 0 Å². The molecule has 90 valence electrons. The summed E-state index contributed by atoms with van der Waals surface area (Å²) in [6.45, 7) is 1.17. The smallest absolute Gasteiger partial charge is 0.478 e. The van der Waals surface area contributed by atoms with E-state index >= 15 is 0 Å². The zero-order chi connectivity index (χ0) is 13.2. The predicted octanol–water partition coefficient (Wildman–Crippen LogP) is 2.46. The van der Waals surface area contributed by atoms with Crippen molar-refractivity contribution in [1.82, 2.24) is 0 Å². The molecule has 0 aliphatic heterocycles. The number of ether oxygens (including phenoxy) is 1. The van der Waals surface area contributed by atoms with Crippen molar-refractivity contribution >= 4 is 5.97 Å². The Labute approximate surface area is 93.8 Å². The first-order valence-electron chi connectivity index (χ1n) is 4.28. The van der Waals surface area contributed by atoms with E-state index in [4.69, 9.17) is 10.4 Å². The molecule has 0 heterocycles. The molecule has 1 aromatic rings. The standard InChI is InChI=1S/C10H6F3NO3/c1-5-7(9(15)16)2-6(4-14)3-8(5)17-10(11,12)13/h2-3H,1H3,(H,15,16). The van der Waals surface area contributed by atoms with Gasteiger partial charge in [0.1, 0.15) is 5.75 Å². The molecule has 7 heteroatoms. The highest BCUT2D eigenvalue weighted by Crippen LogP contribution is 2.29. The summed E-state index contributed by atoms with van der Waals surface area (Å²) in [4.78, 5) is 10.8. The molecule has 17 heavy (non-hydrogen) atoms. The van der Waals surface area contributed by atoms with Crippen LogP contribution in [0.5, 0.6) is 5.75 Å². The van der Waals surface area contributed by atoms with Crippen LogP contribution in [-0.4, -0.2) is 17.4 Å². The molecule has 0 atom stereocenters. The normalized spacial score (nSPS) is 10.8. The number of halogens is 3. The van der Waals surface area contributed by atoms with Crippen LogP contribution in [0, 0.1) is 18.3 Å². The average molecular weight is 245 g/mol. The lowest BCUT2D eigenvalue weighted by atomic mass is 10.0. The van der Waals surface area contributed by atoms with Crippen molar-refractivity contribution in [3.05, 3.63) is 28.8 Å². The van der Waals surface area contributed by atoms with Crippen molar-refractivity contribution in [1.29, 1.82) is 5.26 Å². The van der Waals surface area contributed by atoms with Gasteiger partial charge in [-0.3, -0.25) is 0 Å². The number of carboxylic acid groups (broad SMARTS) is 1. The first-order valence-corrected chi connectivity index (χ1v) is 4.28. The van der Waals surface area contributed by atoms with E-state index in [1.165, 1.54) is 6.92 Å². The molecule has 0 aromatic heterocycles. The van der Waals surface area contributed by atoms with E-state index in [2.05, 4.69) is 4.74 Å². The number of nitrogens with zero attached hydrogens (tertiary/aromatic N) is 1. The minimum Gasteiger partial charge on any atom is -0.478 e. The number of aromatic carboxylic acids is 1. The highest BCUT2D eigenvalue weighted by atomic mass is 19.4. The van der Waals surface area contributed by atoms with Crippen LogP contribution in [0.2, 0.25) is 0 Å². The molecule has 0 saturated carbocycles. The molecule has 0 unspecified atom stereocenters. The molecule has 0 saturated heterocycles. The molecule has 0 aliphatic rings. The van der Waals surface area contributed by atoms with Crippen LogP contribution in [0.3, 0.4) is 0 Å². The van der Waals surface area contributed by atoms with Gasteiger partial charge in [0.15, 0.2) is 0 Å². The molecule has 0 spiro atoms. The molecule has 1 N–H and O–H groups in total. The van der Waals surface area contributed by atoms with E-state index < -0.39 is 23.6 Å². The van der Waals surface area contributed by atoms with E-state index in [-0.39, 0.29) is 11.1 Å². The summed E-state index contributed by atoms with van der Waals surface area (Å²) in [6, 6.07) is 3.39. The van der Waals surface area contributed by atoms with Crippen molar-refractivity contribution in [3.63, 3.8) is 0 Å². The van der Waals surface area contributed by atoms with E-state index in [1.54, 1.807) is 6.07 Å². The fourth-order valence-corrected chi connectivity index (χ4v) is 1.21. The van der Waals surface area contributed by atoms with Gasteiger partial charge in [0.2, 0.25) is 0 Å². The quantitative estimate of drug-likeness (QED) is 0.868. The maximum atomic E-state index is 12.0. The second-order valence-electron chi connectivity index (χ2n) is 3.11. The van der Waals surface area contributed by atoms with Crippen molar-refractivity contribution in [2.24, 2.45) is 0 Å². The van der Waals surface area contributed by atoms with E-state index in [0.717, 1.165) is 12.1 Å². The third kappa shape index (κ3) is 3.11. The molecule has 1 aromatic carbocycles. The van der Waals surface area contributed by atoms with Crippen LogP contribution < -0.4 is 4.74 Å². The Morgan fingerprint density at radius 1 is 1.47 bits per heavy atom. The maximum Gasteiger partial charge on any atom is 0.573 e. The Balaban J connectivity index is 3.35. The number of alkyl halides is 3. The molecule has 1 rings (SSSR count). The van der Waals surface area contributed by atoms with Gasteiger partial charge in [0.25, 0.3) is 0 Å². The molecule has 0 amide bonds. The fraction of sp³-hybridized carbons (Fsp3) is 0.200. The van der Waals surface area contributed by atoms with E-state index in [0.29, 0.717) is 0 Å². The highest BCUT2D eigenvalue weighted by Gasteiger charge is 2.32. The lowest BCUT2D eigenvalue weighted by Gasteiger charge is -2.13. The van der Waals surface area contributed by atoms with Crippen LogP contribution in [0.25, 0.3) is 0 Å². The molecule has 0 bridgehead atoms. The predicted molar refractivity (Wildman–Crippen MR) is 49.5 cm³/mol. The summed E-state index contributed by atoms with van der Waals surface area (Å²) in [5, 5.41) is 17.3. The van der Waals surface area contributed by atoms with Gasteiger partial charge >= 0.3 is 12.3 Å². The minimum atomic E-state index is -4.94. The Morgan fingerprint density at radius 2 is 2.06 bits per heavy atom. The van der Waals surface area contributed by atoms with E-state index in [9.17, 15) is 18.0 Å². The topological polar surface area (TPSA) is 70.3 Å². The summed E-state index contributed by atoms with van der Waals surface area (Å²) >= 11 is 0. The van der Waals surface area contributed by atoms with E-state index in [1.807, 2.05) is 0 Å². The van der Waals surface area contributed by atoms with Crippen molar-refractivity contribution in [2.45, 2.75) is 13.3 Å². The van der Waals surface area contributed by atoms with Gasteiger partial charge in [-0.15, -0.1) is 13.2 Å². The highest BCUT2D eigenvalue weighted by molar-refractivity contribution is 5.90. The molecule has 0 aliphatic carbocycles. The number of hydrogen-bond acceptors (Lipinski definition) is 3. The number of benzene rings is 1. The summed E-state index contributed by atoms with van der Waals surface area (Å²) in [7, 11) is 0. The number of carbonyl (C=O) groups is 1. The molecule has 0 radical (unpaired) electrons. The summed E-state index contributed by atoms with van der Waals surface area (Å²) < 4.78 is 39.8. The van der Waals surface area contributed by atoms with Crippen LogP contribution >= 0.6 is 0 Å². The molecule has 4 nitrogen and oxygen atoms in total. The second kappa shape index (κ2) is 4.33. The number of rotatable bonds is 2. The number of carboxylic acids is 1. The average Bonchev–Trinajstić information content (AvgIpc) is 2.18. The Bertz CT molecular complexity index is 503. The maximum absolute atomic E-state index is 12.0. The van der Waals surface area contributed by atoms with Crippen molar-refractivity contribution < 1.29 is 27.8 Å². The Kier molecular flexibility index (Phi) is 3.27. The first-order chi connectivity index (χ1) is 7.74. The largest absolute Gasteiger partial charge is 0.573 e. The summed E-state index contributed by atoms with van der Waals surface area (Å²) in [6.07, 6.45) is -4.94. The van der Waals surface area contributed by atoms with Gasteiger partial charge < -0.3 is 9.84 Å².